The van der Waals surface area contributed by atoms with Crippen molar-refractivity contribution in [2.45, 2.75) is 32.4 Å². The smallest absolute Gasteiger partial charge is 0.393 e. The van der Waals surface area contributed by atoms with Crippen LogP contribution in [-0.2, 0) is 18.7 Å². The molecule has 0 bridgehead atoms. The van der Waals surface area contributed by atoms with Crippen molar-refractivity contribution in [1.29, 1.82) is 0 Å². The number of para-hydroxylation sites is 2. The van der Waals surface area contributed by atoms with Gasteiger partial charge in [0, 0.05) is 5.92 Å². The summed E-state index contributed by atoms with van der Waals surface area (Å²) in [7, 11) is -4.51. The van der Waals surface area contributed by atoms with E-state index >= 15 is 0 Å². The molecular weight excluding hydrogens is 457 g/mol. The highest BCUT2D eigenvalue weighted by Gasteiger charge is 2.60. The molecule has 0 saturated carbocycles. The lowest BCUT2D eigenvalue weighted by Crippen LogP contribution is -2.63. The third kappa shape index (κ3) is 4.39. The lowest BCUT2D eigenvalue weighted by atomic mass is 9.77. The van der Waals surface area contributed by atoms with Crippen LogP contribution in [0.1, 0.15) is 20.3 Å². The number of carbonyl (C=O) groups is 2. The highest BCUT2D eigenvalue weighted by atomic mass is 31.2. The van der Waals surface area contributed by atoms with Gasteiger partial charge in [-0.2, -0.15) is 4.57 Å². The van der Waals surface area contributed by atoms with Crippen molar-refractivity contribution >= 4 is 19.7 Å². The van der Waals surface area contributed by atoms with Gasteiger partial charge in [0.1, 0.15) is 17.2 Å². The summed E-state index contributed by atoms with van der Waals surface area (Å²) in [5, 5.41) is 10.1. The molecule has 1 N–H and O–H groups in total. The SMILES string of the molecule is C=CCC1=C(C(=O)OP(=O)(Oc2ccccc2)Oc2ccccc2)N2C(=O)[C@H]([C@@H](C)O)[C@@H]2[C@@H]1C. The first-order chi connectivity index (χ1) is 16.3. The number of phosphoric acid groups is 1. The fourth-order valence-corrected chi connectivity index (χ4v) is 5.64. The van der Waals surface area contributed by atoms with Crippen LogP contribution in [0.4, 0.5) is 0 Å². The van der Waals surface area contributed by atoms with Crippen molar-refractivity contribution in [1.82, 2.24) is 4.90 Å². The second-order valence-corrected chi connectivity index (χ2v) is 9.70. The predicted octanol–water partition coefficient (Wildman–Crippen LogP) is 4.48. The molecule has 9 heteroatoms. The average molecular weight is 483 g/mol. The van der Waals surface area contributed by atoms with Crippen LogP contribution in [0.5, 0.6) is 11.5 Å². The minimum atomic E-state index is -4.51. The van der Waals surface area contributed by atoms with Crippen LogP contribution in [0.25, 0.3) is 0 Å². The Hall–Kier alpha value is -3.35. The van der Waals surface area contributed by atoms with Crippen molar-refractivity contribution in [2.75, 3.05) is 0 Å². The molecule has 2 aromatic rings. The van der Waals surface area contributed by atoms with Crippen LogP contribution in [0, 0.1) is 11.8 Å². The molecule has 0 spiro atoms. The first-order valence-corrected chi connectivity index (χ1v) is 12.4. The van der Waals surface area contributed by atoms with Gasteiger partial charge >= 0.3 is 13.8 Å². The molecule has 2 aliphatic rings. The van der Waals surface area contributed by atoms with Crippen LogP contribution in [0.2, 0.25) is 0 Å². The maximum absolute atomic E-state index is 13.7. The molecule has 4 rings (SSSR count). The van der Waals surface area contributed by atoms with E-state index in [1.54, 1.807) is 73.7 Å². The monoisotopic (exact) mass is 483 g/mol. The third-order valence-electron chi connectivity index (χ3n) is 5.99. The van der Waals surface area contributed by atoms with Gasteiger partial charge in [-0.15, -0.1) is 6.58 Å². The van der Waals surface area contributed by atoms with E-state index in [0.717, 1.165) is 0 Å². The van der Waals surface area contributed by atoms with Gasteiger partial charge in [0.25, 0.3) is 0 Å². The fourth-order valence-electron chi connectivity index (χ4n) is 4.48. The molecule has 0 unspecified atom stereocenters. The maximum atomic E-state index is 13.7. The van der Waals surface area contributed by atoms with E-state index in [-0.39, 0.29) is 29.0 Å². The minimum absolute atomic E-state index is 0.00662. The third-order valence-corrected chi connectivity index (χ3v) is 7.25. The number of aliphatic hydroxyl groups is 1. The normalized spacial score (nSPS) is 22.5. The Balaban J connectivity index is 1.66. The maximum Gasteiger partial charge on any atom is 0.649 e. The predicted molar refractivity (Wildman–Crippen MR) is 125 cm³/mol. The number of carbonyl (C=O) groups excluding carboxylic acids is 2. The number of aliphatic hydroxyl groups excluding tert-OH is 1. The van der Waals surface area contributed by atoms with Crippen molar-refractivity contribution in [3.63, 3.8) is 0 Å². The Morgan fingerprint density at radius 2 is 1.65 bits per heavy atom. The van der Waals surface area contributed by atoms with Crippen molar-refractivity contribution < 1.29 is 32.8 Å². The fraction of sp³-hybridized carbons (Fsp3) is 0.280. The van der Waals surface area contributed by atoms with E-state index in [1.165, 1.54) is 4.90 Å². The summed E-state index contributed by atoms with van der Waals surface area (Å²) in [5.41, 5.74) is 0.611. The number of rotatable bonds is 9. The zero-order valence-corrected chi connectivity index (χ0v) is 19.8. The van der Waals surface area contributed by atoms with Crippen molar-refractivity contribution in [2.24, 2.45) is 11.8 Å². The number of benzene rings is 2. The molecule has 2 aliphatic heterocycles. The van der Waals surface area contributed by atoms with Crippen LogP contribution < -0.4 is 9.05 Å². The molecule has 4 atom stereocenters. The van der Waals surface area contributed by atoms with Crippen LogP contribution in [0.3, 0.4) is 0 Å². The number of hydrogen-bond donors (Lipinski definition) is 1. The number of fused-ring (bicyclic) bond motifs is 1. The Bertz CT molecular complexity index is 1120. The van der Waals surface area contributed by atoms with Gasteiger partial charge in [-0.1, -0.05) is 49.4 Å². The van der Waals surface area contributed by atoms with Crippen LogP contribution in [0.15, 0.2) is 84.6 Å². The summed E-state index contributed by atoms with van der Waals surface area (Å²) in [4.78, 5) is 27.5. The van der Waals surface area contributed by atoms with E-state index in [2.05, 4.69) is 6.58 Å². The Morgan fingerprint density at radius 1 is 1.12 bits per heavy atom. The van der Waals surface area contributed by atoms with E-state index in [0.29, 0.717) is 12.0 Å². The molecule has 178 valence electrons. The summed E-state index contributed by atoms with van der Waals surface area (Å²) in [6.45, 7) is 7.16. The highest BCUT2D eigenvalue weighted by molar-refractivity contribution is 7.50. The van der Waals surface area contributed by atoms with Gasteiger partial charge in [0.05, 0.1) is 18.1 Å². The van der Waals surface area contributed by atoms with Gasteiger partial charge in [0.2, 0.25) is 5.91 Å². The molecule has 1 fully saturated rings. The lowest BCUT2D eigenvalue weighted by Gasteiger charge is -2.46. The largest absolute Gasteiger partial charge is 0.649 e. The minimum Gasteiger partial charge on any atom is -0.393 e. The van der Waals surface area contributed by atoms with Gasteiger partial charge < -0.3 is 23.6 Å². The number of nitrogens with zero attached hydrogens (tertiary/aromatic N) is 1. The Kier molecular flexibility index (Phi) is 6.64. The zero-order chi connectivity index (χ0) is 24.5. The summed E-state index contributed by atoms with van der Waals surface area (Å²) < 4.78 is 30.1. The zero-order valence-electron chi connectivity index (χ0n) is 18.9. The van der Waals surface area contributed by atoms with E-state index < -0.39 is 31.9 Å². The van der Waals surface area contributed by atoms with E-state index in [9.17, 15) is 19.3 Å². The lowest BCUT2D eigenvalue weighted by molar-refractivity contribution is -0.162. The number of hydrogen-bond acceptors (Lipinski definition) is 7. The Labute approximate surface area is 198 Å². The quantitative estimate of drug-likeness (QED) is 0.319. The standard InChI is InChI=1S/C25H26NO7P/c1-4-11-20-16(2)22-21(17(3)27)24(28)26(22)23(20)25(29)33-34(30,31-18-12-7-5-8-13-18)32-19-14-9-6-10-15-19/h4-10,12-17,21-22,27H,1,11H2,2-3H3/t16-,17-,21-,22+/m1/s1. The molecule has 1 saturated heterocycles. The summed E-state index contributed by atoms with van der Waals surface area (Å²) >= 11 is 0. The number of β-lactam (4-membered cyclic amide) rings is 1. The highest BCUT2D eigenvalue weighted by Crippen LogP contribution is 2.53. The molecule has 8 nitrogen and oxygen atoms in total. The van der Waals surface area contributed by atoms with Gasteiger partial charge in [-0.3, -0.25) is 4.79 Å². The second kappa shape index (κ2) is 9.49. The number of amides is 1. The average Bonchev–Trinajstić information content (AvgIpc) is 3.03. The molecule has 2 heterocycles. The number of allylic oxidation sites excluding steroid dienone is 1. The summed E-state index contributed by atoms with van der Waals surface area (Å²) in [6, 6.07) is 16.0. The van der Waals surface area contributed by atoms with Gasteiger partial charge in [-0.25, -0.2) is 4.79 Å². The molecule has 0 aromatic heterocycles. The molecule has 0 radical (unpaired) electrons. The van der Waals surface area contributed by atoms with Gasteiger partial charge in [0.15, 0.2) is 0 Å². The topological polar surface area (TPSA) is 102 Å². The molecular formula is C25H26NO7P. The first-order valence-electron chi connectivity index (χ1n) is 10.9. The van der Waals surface area contributed by atoms with Crippen LogP contribution in [-0.4, -0.2) is 34.0 Å². The molecule has 2 aromatic carbocycles. The van der Waals surface area contributed by atoms with Gasteiger partial charge in [-0.05, 0) is 43.2 Å². The van der Waals surface area contributed by atoms with Crippen molar-refractivity contribution in [3.8, 4) is 11.5 Å². The molecule has 0 aliphatic carbocycles. The second-order valence-electron chi connectivity index (χ2n) is 8.26. The summed E-state index contributed by atoms with van der Waals surface area (Å²) in [5.74, 6) is -1.88. The first kappa shape index (κ1) is 23.8. The van der Waals surface area contributed by atoms with E-state index in [1.807, 2.05) is 6.92 Å². The molecule has 34 heavy (non-hydrogen) atoms. The summed E-state index contributed by atoms with van der Waals surface area (Å²) in [6.07, 6.45) is 1.07. The number of phosphoric ester groups is 1. The van der Waals surface area contributed by atoms with Crippen LogP contribution >= 0.6 is 7.82 Å². The van der Waals surface area contributed by atoms with Crippen molar-refractivity contribution in [3.05, 3.63) is 84.6 Å². The molecule has 1 amide bonds. The van der Waals surface area contributed by atoms with E-state index in [4.69, 9.17) is 13.6 Å². The Morgan fingerprint density at radius 3 is 2.12 bits per heavy atom.